The molecule has 1 fully saturated rings. The normalized spacial score (nSPS) is 33.7. The van der Waals surface area contributed by atoms with Crippen LogP contribution in [0.25, 0.3) is 0 Å². The van der Waals surface area contributed by atoms with E-state index in [1.165, 1.54) is 6.42 Å². The number of rotatable bonds is 4. The molecule has 4 atom stereocenters. The second-order valence-electron chi connectivity index (χ2n) is 4.96. The standard InChI is InChI=1S/C13H24O2/c1-5-15-11(4)13(14)12-7-6-9(2)10(3)8-12/h9-12H,5-8H2,1-4H3. The minimum Gasteiger partial charge on any atom is -0.371 e. The molecule has 0 spiro atoms. The molecule has 1 rings (SSSR count). The molecule has 1 aliphatic rings. The monoisotopic (exact) mass is 212 g/mol. The van der Waals surface area contributed by atoms with Crippen molar-refractivity contribution in [2.45, 2.75) is 53.1 Å². The molecule has 1 aliphatic carbocycles. The number of ether oxygens (including phenoxy) is 1. The Balaban J connectivity index is 2.47. The van der Waals surface area contributed by atoms with Crippen molar-refractivity contribution in [3.05, 3.63) is 0 Å². The number of hydrogen-bond donors (Lipinski definition) is 0. The number of carbonyl (C=O) groups is 1. The molecule has 0 aromatic heterocycles. The minimum atomic E-state index is -0.208. The zero-order valence-corrected chi connectivity index (χ0v) is 10.5. The SMILES string of the molecule is CCOC(C)C(=O)C1CCC(C)C(C)C1. The lowest BCUT2D eigenvalue weighted by atomic mass is 9.74. The second-order valence-corrected chi connectivity index (χ2v) is 4.96. The van der Waals surface area contributed by atoms with Crippen LogP contribution in [0.3, 0.4) is 0 Å². The Morgan fingerprint density at radius 3 is 2.53 bits per heavy atom. The van der Waals surface area contributed by atoms with Gasteiger partial charge < -0.3 is 4.74 Å². The minimum absolute atomic E-state index is 0.208. The fraction of sp³-hybridized carbons (Fsp3) is 0.923. The van der Waals surface area contributed by atoms with Gasteiger partial charge in [-0.2, -0.15) is 0 Å². The van der Waals surface area contributed by atoms with Crippen LogP contribution in [0.4, 0.5) is 0 Å². The Morgan fingerprint density at radius 2 is 2.00 bits per heavy atom. The van der Waals surface area contributed by atoms with Crippen molar-refractivity contribution in [1.29, 1.82) is 0 Å². The molecule has 0 saturated heterocycles. The largest absolute Gasteiger partial charge is 0.371 e. The first kappa shape index (κ1) is 12.7. The van der Waals surface area contributed by atoms with Crippen molar-refractivity contribution in [3.63, 3.8) is 0 Å². The van der Waals surface area contributed by atoms with E-state index in [4.69, 9.17) is 4.74 Å². The summed E-state index contributed by atoms with van der Waals surface area (Å²) in [7, 11) is 0. The molecule has 15 heavy (non-hydrogen) atoms. The predicted molar refractivity (Wildman–Crippen MR) is 61.8 cm³/mol. The van der Waals surface area contributed by atoms with Gasteiger partial charge in [-0.15, -0.1) is 0 Å². The molecule has 0 aromatic carbocycles. The Hall–Kier alpha value is -0.370. The Bertz CT molecular complexity index is 213. The summed E-state index contributed by atoms with van der Waals surface area (Å²) in [4.78, 5) is 12.0. The van der Waals surface area contributed by atoms with Crippen LogP contribution in [0.5, 0.6) is 0 Å². The lowest BCUT2D eigenvalue weighted by molar-refractivity contribution is -0.135. The first-order chi connectivity index (χ1) is 7.06. The molecule has 0 N–H and O–H groups in total. The van der Waals surface area contributed by atoms with Crippen molar-refractivity contribution in [1.82, 2.24) is 0 Å². The molecule has 0 heterocycles. The maximum atomic E-state index is 12.0. The van der Waals surface area contributed by atoms with E-state index < -0.39 is 0 Å². The van der Waals surface area contributed by atoms with E-state index in [1.54, 1.807) is 0 Å². The van der Waals surface area contributed by atoms with E-state index in [1.807, 2.05) is 13.8 Å². The molecule has 4 unspecified atom stereocenters. The van der Waals surface area contributed by atoms with Crippen LogP contribution in [-0.4, -0.2) is 18.5 Å². The summed E-state index contributed by atoms with van der Waals surface area (Å²) < 4.78 is 5.37. The quantitative estimate of drug-likeness (QED) is 0.716. The maximum Gasteiger partial charge on any atom is 0.164 e. The summed E-state index contributed by atoms with van der Waals surface area (Å²) in [6, 6.07) is 0. The topological polar surface area (TPSA) is 26.3 Å². The van der Waals surface area contributed by atoms with Gasteiger partial charge >= 0.3 is 0 Å². The van der Waals surface area contributed by atoms with Gasteiger partial charge in [-0.25, -0.2) is 0 Å². The van der Waals surface area contributed by atoms with Crippen molar-refractivity contribution >= 4 is 5.78 Å². The molecule has 88 valence electrons. The Labute approximate surface area is 93.4 Å². The van der Waals surface area contributed by atoms with Gasteiger partial charge in [0.1, 0.15) is 6.10 Å². The summed E-state index contributed by atoms with van der Waals surface area (Å²) in [6.45, 7) is 9.00. The second kappa shape index (κ2) is 5.64. The van der Waals surface area contributed by atoms with Crippen molar-refractivity contribution in [2.24, 2.45) is 17.8 Å². The highest BCUT2D eigenvalue weighted by Crippen LogP contribution is 2.34. The fourth-order valence-electron chi connectivity index (χ4n) is 2.47. The van der Waals surface area contributed by atoms with E-state index >= 15 is 0 Å². The zero-order chi connectivity index (χ0) is 11.4. The van der Waals surface area contributed by atoms with Crippen molar-refractivity contribution < 1.29 is 9.53 Å². The van der Waals surface area contributed by atoms with E-state index in [-0.39, 0.29) is 12.0 Å². The van der Waals surface area contributed by atoms with Crippen LogP contribution in [-0.2, 0) is 9.53 Å². The van der Waals surface area contributed by atoms with Gasteiger partial charge in [0.2, 0.25) is 0 Å². The number of carbonyl (C=O) groups excluding carboxylic acids is 1. The van der Waals surface area contributed by atoms with E-state index in [2.05, 4.69) is 13.8 Å². The number of ketones is 1. The van der Waals surface area contributed by atoms with Crippen molar-refractivity contribution in [3.8, 4) is 0 Å². The van der Waals surface area contributed by atoms with Crippen LogP contribution < -0.4 is 0 Å². The van der Waals surface area contributed by atoms with Gasteiger partial charge in [0, 0.05) is 12.5 Å². The molecule has 0 bridgehead atoms. The average Bonchev–Trinajstić information content (AvgIpc) is 2.21. The van der Waals surface area contributed by atoms with Crippen LogP contribution in [0.1, 0.15) is 47.0 Å². The van der Waals surface area contributed by atoms with Gasteiger partial charge in [0.05, 0.1) is 0 Å². The van der Waals surface area contributed by atoms with E-state index in [0.717, 1.165) is 18.8 Å². The van der Waals surface area contributed by atoms with Gasteiger partial charge in [-0.1, -0.05) is 13.8 Å². The Kier molecular flexibility index (Phi) is 4.78. The van der Waals surface area contributed by atoms with Crippen LogP contribution in [0, 0.1) is 17.8 Å². The lowest BCUT2D eigenvalue weighted by Crippen LogP contribution is -2.33. The van der Waals surface area contributed by atoms with Crippen LogP contribution in [0.2, 0.25) is 0 Å². The third-order valence-corrected chi connectivity index (χ3v) is 3.82. The molecule has 0 aliphatic heterocycles. The third-order valence-electron chi connectivity index (χ3n) is 3.82. The van der Waals surface area contributed by atoms with Gasteiger partial charge in [0.25, 0.3) is 0 Å². The highest BCUT2D eigenvalue weighted by atomic mass is 16.5. The molecule has 1 saturated carbocycles. The summed E-state index contributed by atoms with van der Waals surface area (Å²) in [5, 5.41) is 0. The number of hydrogen-bond acceptors (Lipinski definition) is 2. The molecular formula is C13H24O2. The van der Waals surface area contributed by atoms with Gasteiger partial charge in [-0.3, -0.25) is 4.79 Å². The van der Waals surface area contributed by atoms with Crippen LogP contribution in [0.15, 0.2) is 0 Å². The van der Waals surface area contributed by atoms with E-state index in [0.29, 0.717) is 18.3 Å². The smallest absolute Gasteiger partial charge is 0.164 e. The molecule has 0 amide bonds. The summed E-state index contributed by atoms with van der Waals surface area (Å²) >= 11 is 0. The van der Waals surface area contributed by atoms with Crippen LogP contribution >= 0.6 is 0 Å². The summed E-state index contributed by atoms with van der Waals surface area (Å²) in [5.74, 6) is 2.02. The average molecular weight is 212 g/mol. The third kappa shape index (κ3) is 3.30. The van der Waals surface area contributed by atoms with Crippen molar-refractivity contribution in [2.75, 3.05) is 6.61 Å². The molecular weight excluding hydrogens is 188 g/mol. The lowest BCUT2D eigenvalue weighted by Gasteiger charge is -2.32. The number of Topliss-reactive ketones (excluding diaryl/α,β-unsaturated/α-hetero) is 1. The Morgan fingerprint density at radius 1 is 1.33 bits per heavy atom. The maximum absolute atomic E-state index is 12.0. The highest BCUT2D eigenvalue weighted by Gasteiger charge is 2.31. The van der Waals surface area contributed by atoms with E-state index in [9.17, 15) is 4.79 Å². The molecule has 2 heteroatoms. The van der Waals surface area contributed by atoms with Gasteiger partial charge in [0.15, 0.2) is 5.78 Å². The molecule has 2 nitrogen and oxygen atoms in total. The predicted octanol–water partition coefficient (Wildman–Crippen LogP) is 3.05. The highest BCUT2D eigenvalue weighted by molar-refractivity contribution is 5.85. The molecule has 0 aromatic rings. The van der Waals surface area contributed by atoms with Gasteiger partial charge in [-0.05, 0) is 44.9 Å². The fourth-order valence-corrected chi connectivity index (χ4v) is 2.47. The summed E-state index contributed by atoms with van der Waals surface area (Å²) in [5.41, 5.74) is 0. The first-order valence-corrected chi connectivity index (χ1v) is 6.21. The summed E-state index contributed by atoms with van der Waals surface area (Å²) in [6.07, 6.45) is 3.09. The molecule has 0 radical (unpaired) electrons. The zero-order valence-electron chi connectivity index (χ0n) is 10.5. The first-order valence-electron chi connectivity index (χ1n) is 6.21.